The van der Waals surface area contributed by atoms with Gasteiger partial charge in [0.2, 0.25) is 0 Å². The third-order valence-electron chi connectivity index (χ3n) is 2.61. The van der Waals surface area contributed by atoms with E-state index < -0.39 is 5.97 Å². The number of nitrogens with zero attached hydrogens (tertiary/aromatic N) is 2. The Morgan fingerprint density at radius 2 is 2.11 bits per heavy atom. The minimum Gasteiger partial charge on any atom is -0.480 e. The number of aryl methyl sites for hydroxylation is 1. The summed E-state index contributed by atoms with van der Waals surface area (Å²) in [6.45, 7) is 2.34. The van der Waals surface area contributed by atoms with Crippen LogP contribution in [0.2, 0.25) is 0 Å². The van der Waals surface area contributed by atoms with Crippen LogP contribution in [0.4, 0.5) is 0 Å². The molecule has 0 amide bonds. The van der Waals surface area contributed by atoms with Crippen molar-refractivity contribution < 1.29 is 9.90 Å². The van der Waals surface area contributed by atoms with Crippen molar-refractivity contribution in [2.24, 2.45) is 0 Å². The van der Waals surface area contributed by atoms with Crippen molar-refractivity contribution in [2.45, 2.75) is 13.5 Å². The second-order valence-electron chi connectivity index (χ2n) is 3.97. The molecular formula is C13H15N3O2. The summed E-state index contributed by atoms with van der Waals surface area (Å²) < 4.78 is 2.01. The molecule has 0 atom stereocenters. The summed E-state index contributed by atoms with van der Waals surface area (Å²) in [5.41, 5.74) is 1.97. The highest BCUT2D eigenvalue weighted by Crippen LogP contribution is 2.13. The molecule has 1 heterocycles. The molecule has 0 radical (unpaired) electrons. The number of para-hydroxylation sites is 1. The molecule has 94 valence electrons. The number of aromatic nitrogens is 2. The SMILES string of the molecule is Cc1ncc(CNCC(=O)O)n1-c1ccccc1. The average Bonchev–Trinajstić information content (AvgIpc) is 2.71. The molecule has 1 aromatic carbocycles. The maximum atomic E-state index is 10.5. The minimum atomic E-state index is -0.863. The van der Waals surface area contributed by atoms with E-state index in [-0.39, 0.29) is 6.54 Å². The minimum absolute atomic E-state index is 0.0565. The Morgan fingerprint density at radius 1 is 1.39 bits per heavy atom. The monoisotopic (exact) mass is 245 g/mol. The van der Waals surface area contributed by atoms with Gasteiger partial charge in [0.1, 0.15) is 5.82 Å². The summed E-state index contributed by atoms with van der Waals surface area (Å²) in [6.07, 6.45) is 1.76. The number of aliphatic carboxylic acids is 1. The van der Waals surface area contributed by atoms with E-state index in [1.807, 2.05) is 41.8 Å². The fourth-order valence-corrected chi connectivity index (χ4v) is 1.84. The summed E-state index contributed by atoms with van der Waals surface area (Å²) in [5.74, 6) is 0.0193. The van der Waals surface area contributed by atoms with Gasteiger partial charge in [-0.15, -0.1) is 0 Å². The summed E-state index contributed by atoms with van der Waals surface area (Å²) >= 11 is 0. The molecule has 2 N–H and O–H groups in total. The van der Waals surface area contributed by atoms with E-state index >= 15 is 0 Å². The molecule has 0 aliphatic heterocycles. The topological polar surface area (TPSA) is 67.2 Å². The highest BCUT2D eigenvalue weighted by Gasteiger charge is 2.08. The molecule has 0 aliphatic rings. The zero-order valence-electron chi connectivity index (χ0n) is 10.1. The molecule has 0 bridgehead atoms. The number of benzene rings is 1. The summed E-state index contributed by atoms with van der Waals surface area (Å²) in [4.78, 5) is 14.7. The van der Waals surface area contributed by atoms with E-state index in [4.69, 9.17) is 5.11 Å². The molecule has 5 heteroatoms. The number of rotatable bonds is 5. The highest BCUT2D eigenvalue weighted by atomic mass is 16.4. The molecule has 2 aromatic rings. The van der Waals surface area contributed by atoms with Crippen LogP contribution in [-0.4, -0.2) is 27.2 Å². The van der Waals surface area contributed by atoms with Gasteiger partial charge < -0.3 is 10.4 Å². The zero-order chi connectivity index (χ0) is 13.0. The van der Waals surface area contributed by atoms with Crippen LogP contribution in [-0.2, 0) is 11.3 Å². The third kappa shape index (κ3) is 2.75. The van der Waals surface area contributed by atoms with Gasteiger partial charge >= 0.3 is 5.97 Å². The first-order chi connectivity index (χ1) is 8.68. The second kappa shape index (κ2) is 5.46. The third-order valence-corrected chi connectivity index (χ3v) is 2.61. The van der Waals surface area contributed by atoms with Crippen molar-refractivity contribution in [1.82, 2.24) is 14.9 Å². The average molecular weight is 245 g/mol. The predicted molar refractivity (Wildman–Crippen MR) is 67.6 cm³/mol. The molecule has 18 heavy (non-hydrogen) atoms. The molecule has 0 saturated carbocycles. The molecule has 0 aliphatic carbocycles. The number of imidazole rings is 1. The maximum Gasteiger partial charge on any atom is 0.317 e. The Bertz CT molecular complexity index is 534. The summed E-state index contributed by atoms with van der Waals surface area (Å²) in [6, 6.07) is 9.87. The van der Waals surface area contributed by atoms with Crippen molar-refractivity contribution in [2.75, 3.05) is 6.54 Å². The van der Waals surface area contributed by atoms with Crippen LogP contribution in [0.5, 0.6) is 0 Å². The summed E-state index contributed by atoms with van der Waals surface area (Å²) in [5, 5.41) is 11.5. The fraction of sp³-hybridized carbons (Fsp3) is 0.231. The van der Waals surface area contributed by atoms with Crippen molar-refractivity contribution in [3.05, 3.63) is 48.0 Å². The molecule has 0 saturated heterocycles. The lowest BCUT2D eigenvalue weighted by Gasteiger charge is -2.10. The van der Waals surface area contributed by atoms with Crippen molar-refractivity contribution in [3.63, 3.8) is 0 Å². The largest absolute Gasteiger partial charge is 0.480 e. The van der Waals surface area contributed by atoms with Gasteiger partial charge in [0, 0.05) is 12.2 Å². The van der Waals surface area contributed by atoms with Crippen LogP contribution in [0.1, 0.15) is 11.5 Å². The lowest BCUT2D eigenvalue weighted by molar-refractivity contribution is -0.136. The van der Waals surface area contributed by atoms with E-state index in [0.29, 0.717) is 6.54 Å². The molecule has 0 spiro atoms. The first-order valence-corrected chi connectivity index (χ1v) is 5.69. The molecule has 2 rings (SSSR count). The zero-order valence-corrected chi connectivity index (χ0v) is 10.1. The number of carbonyl (C=O) groups is 1. The Morgan fingerprint density at radius 3 is 2.78 bits per heavy atom. The normalized spacial score (nSPS) is 10.5. The van der Waals surface area contributed by atoms with E-state index in [2.05, 4.69) is 10.3 Å². The van der Waals surface area contributed by atoms with Gasteiger partial charge in [0.15, 0.2) is 0 Å². The van der Waals surface area contributed by atoms with Crippen LogP contribution in [0.3, 0.4) is 0 Å². The number of carboxylic acid groups (broad SMARTS) is 1. The Balaban J connectivity index is 2.20. The van der Waals surface area contributed by atoms with Crippen molar-refractivity contribution in [3.8, 4) is 5.69 Å². The quantitative estimate of drug-likeness (QED) is 0.834. The predicted octanol–water partition coefficient (Wildman–Crippen LogP) is 1.35. The Hall–Kier alpha value is -2.14. The van der Waals surface area contributed by atoms with Gasteiger partial charge in [-0.3, -0.25) is 9.36 Å². The van der Waals surface area contributed by atoms with Crippen LogP contribution < -0.4 is 5.32 Å². The first kappa shape index (κ1) is 12.3. The van der Waals surface area contributed by atoms with Gasteiger partial charge in [0.05, 0.1) is 18.4 Å². The highest BCUT2D eigenvalue weighted by molar-refractivity contribution is 5.68. The van der Waals surface area contributed by atoms with E-state index in [1.54, 1.807) is 6.20 Å². The van der Waals surface area contributed by atoms with E-state index in [9.17, 15) is 4.79 Å². The first-order valence-electron chi connectivity index (χ1n) is 5.69. The van der Waals surface area contributed by atoms with Crippen molar-refractivity contribution >= 4 is 5.97 Å². The number of hydrogen-bond acceptors (Lipinski definition) is 3. The number of carboxylic acids is 1. The van der Waals surface area contributed by atoms with Gasteiger partial charge in [0.25, 0.3) is 0 Å². The Labute approximate surface area is 105 Å². The molecule has 0 unspecified atom stereocenters. The molecule has 1 aromatic heterocycles. The van der Waals surface area contributed by atoms with E-state index in [1.165, 1.54) is 0 Å². The van der Waals surface area contributed by atoms with Gasteiger partial charge in [-0.2, -0.15) is 0 Å². The van der Waals surface area contributed by atoms with Crippen molar-refractivity contribution in [1.29, 1.82) is 0 Å². The van der Waals surface area contributed by atoms with Gasteiger partial charge in [-0.1, -0.05) is 18.2 Å². The standard InChI is InChI=1S/C13H15N3O2/c1-10-15-8-12(7-14-9-13(17)18)16(10)11-5-3-2-4-6-11/h2-6,8,14H,7,9H2,1H3,(H,17,18). The lowest BCUT2D eigenvalue weighted by atomic mass is 10.3. The second-order valence-corrected chi connectivity index (χ2v) is 3.97. The Kier molecular flexibility index (Phi) is 3.74. The van der Waals surface area contributed by atoms with Gasteiger partial charge in [-0.25, -0.2) is 4.98 Å². The van der Waals surface area contributed by atoms with Crippen LogP contribution in [0.25, 0.3) is 5.69 Å². The lowest BCUT2D eigenvalue weighted by Crippen LogP contribution is -2.23. The number of nitrogens with one attached hydrogen (secondary N) is 1. The summed E-state index contributed by atoms with van der Waals surface area (Å²) in [7, 11) is 0. The van der Waals surface area contributed by atoms with Crippen LogP contribution >= 0.6 is 0 Å². The molecule has 5 nitrogen and oxygen atoms in total. The molecular weight excluding hydrogens is 230 g/mol. The van der Waals surface area contributed by atoms with Crippen LogP contribution in [0.15, 0.2) is 36.5 Å². The molecule has 0 fully saturated rings. The maximum absolute atomic E-state index is 10.5. The fourth-order valence-electron chi connectivity index (χ4n) is 1.84. The number of hydrogen-bond donors (Lipinski definition) is 2. The van der Waals surface area contributed by atoms with Gasteiger partial charge in [-0.05, 0) is 19.1 Å². The van der Waals surface area contributed by atoms with E-state index in [0.717, 1.165) is 17.2 Å². The smallest absolute Gasteiger partial charge is 0.317 e. The van der Waals surface area contributed by atoms with Crippen LogP contribution in [0, 0.1) is 6.92 Å².